The van der Waals surface area contributed by atoms with Crippen LogP contribution in [-0.2, 0) is 6.42 Å². The van der Waals surface area contributed by atoms with Gasteiger partial charge in [-0.2, -0.15) is 5.10 Å². The van der Waals surface area contributed by atoms with Crippen LogP contribution in [0.1, 0.15) is 31.5 Å². The quantitative estimate of drug-likeness (QED) is 0.722. The van der Waals surface area contributed by atoms with E-state index in [9.17, 15) is 0 Å². The highest BCUT2D eigenvalue weighted by Crippen LogP contribution is 2.37. The van der Waals surface area contributed by atoms with Crippen LogP contribution in [0, 0.1) is 0 Å². The van der Waals surface area contributed by atoms with Crippen LogP contribution in [0.5, 0.6) is 0 Å². The maximum Gasteiger partial charge on any atom is 0.162 e. The van der Waals surface area contributed by atoms with Crippen LogP contribution in [0.15, 0.2) is 18.3 Å². The fourth-order valence-corrected chi connectivity index (χ4v) is 1.82. The molecular formula is C11H13N3. The molecule has 0 N–H and O–H groups in total. The van der Waals surface area contributed by atoms with Gasteiger partial charge in [0.05, 0.1) is 5.69 Å². The maximum absolute atomic E-state index is 4.29. The zero-order chi connectivity index (χ0) is 9.54. The molecule has 0 radical (unpaired) electrons. The van der Waals surface area contributed by atoms with E-state index in [1.165, 1.54) is 18.2 Å². The van der Waals surface area contributed by atoms with Crippen LogP contribution in [-0.4, -0.2) is 14.8 Å². The van der Waals surface area contributed by atoms with Crippen LogP contribution in [0.4, 0.5) is 0 Å². The number of aryl methyl sites for hydroxylation is 1. The Bertz CT molecular complexity index is 468. The zero-order valence-electron chi connectivity index (χ0n) is 8.27. The second kappa shape index (κ2) is 2.80. The average Bonchev–Trinajstić information content (AvgIpc) is 2.98. The van der Waals surface area contributed by atoms with E-state index in [1.54, 1.807) is 0 Å². The number of hydrogen-bond acceptors (Lipinski definition) is 2. The molecule has 0 amide bonds. The molecule has 1 aliphatic carbocycles. The lowest BCUT2D eigenvalue weighted by atomic mass is 10.3. The number of aromatic nitrogens is 3. The molecular weight excluding hydrogens is 174 g/mol. The van der Waals surface area contributed by atoms with Crippen molar-refractivity contribution in [2.75, 3.05) is 0 Å². The Morgan fingerprint density at radius 1 is 1.43 bits per heavy atom. The van der Waals surface area contributed by atoms with Gasteiger partial charge in [0.1, 0.15) is 0 Å². The van der Waals surface area contributed by atoms with Crippen molar-refractivity contribution in [2.45, 2.75) is 32.2 Å². The molecule has 3 heteroatoms. The fourth-order valence-electron chi connectivity index (χ4n) is 1.82. The van der Waals surface area contributed by atoms with Gasteiger partial charge in [0.15, 0.2) is 5.65 Å². The Balaban J connectivity index is 2.17. The van der Waals surface area contributed by atoms with Crippen molar-refractivity contribution in [3.8, 4) is 0 Å². The van der Waals surface area contributed by atoms with E-state index < -0.39 is 0 Å². The normalized spacial score (nSPS) is 16.4. The van der Waals surface area contributed by atoms with Gasteiger partial charge in [-0.3, -0.25) is 0 Å². The molecule has 2 heterocycles. The first kappa shape index (κ1) is 7.97. The first-order chi connectivity index (χ1) is 6.88. The van der Waals surface area contributed by atoms with Crippen molar-refractivity contribution >= 4 is 11.0 Å². The first-order valence-corrected chi connectivity index (χ1v) is 5.21. The summed E-state index contributed by atoms with van der Waals surface area (Å²) in [7, 11) is 0. The van der Waals surface area contributed by atoms with Crippen molar-refractivity contribution in [1.82, 2.24) is 14.8 Å². The van der Waals surface area contributed by atoms with Gasteiger partial charge in [-0.05, 0) is 31.4 Å². The van der Waals surface area contributed by atoms with E-state index >= 15 is 0 Å². The smallest absolute Gasteiger partial charge is 0.162 e. The minimum atomic E-state index is 0.689. The predicted molar refractivity (Wildman–Crippen MR) is 55.2 cm³/mol. The van der Waals surface area contributed by atoms with Crippen molar-refractivity contribution in [2.24, 2.45) is 0 Å². The van der Waals surface area contributed by atoms with Gasteiger partial charge in [0.2, 0.25) is 0 Å². The molecule has 1 fully saturated rings. The van der Waals surface area contributed by atoms with E-state index in [0.29, 0.717) is 6.04 Å². The van der Waals surface area contributed by atoms with Gasteiger partial charge in [-0.15, -0.1) is 5.10 Å². The molecule has 0 saturated heterocycles. The van der Waals surface area contributed by atoms with Crippen LogP contribution in [0.25, 0.3) is 11.0 Å². The van der Waals surface area contributed by atoms with E-state index in [0.717, 1.165) is 17.8 Å². The lowest BCUT2D eigenvalue weighted by Gasteiger charge is -2.00. The fraction of sp³-hybridized carbons (Fsp3) is 0.455. The van der Waals surface area contributed by atoms with Crippen molar-refractivity contribution in [1.29, 1.82) is 0 Å². The van der Waals surface area contributed by atoms with Crippen molar-refractivity contribution < 1.29 is 0 Å². The SMILES string of the molecule is CCc1cc2ccn(C3CC3)c2nn1. The highest BCUT2D eigenvalue weighted by molar-refractivity contribution is 5.76. The second-order valence-electron chi connectivity index (χ2n) is 3.92. The van der Waals surface area contributed by atoms with Crippen LogP contribution < -0.4 is 0 Å². The monoisotopic (exact) mass is 187 g/mol. The zero-order valence-corrected chi connectivity index (χ0v) is 8.27. The molecule has 1 aliphatic rings. The molecule has 0 aliphatic heterocycles. The third kappa shape index (κ3) is 1.12. The van der Waals surface area contributed by atoms with Gasteiger partial charge in [-0.25, -0.2) is 0 Å². The van der Waals surface area contributed by atoms with Gasteiger partial charge < -0.3 is 4.57 Å². The minimum absolute atomic E-state index is 0.689. The lowest BCUT2D eigenvalue weighted by Crippen LogP contribution is -1.96. The lowest BCUT2D eigenvalue weighted by molar-refractivity contribution is 0.755. The molecule has 2 aromatic heterocycles. The molecule has 1 saturated carbocycles. The molecule has 72 valence electrons. The topological polar surface area (TPSA) is 30.7 Å². The number of nitrogens with zero attached hydrogens (tertiary/aromatic N) is 3. The molecule has 0 spiro atoms. The first-order valence-electron chi connectivity index (χ1n) is 5.21. The molecule has 3 nitrogen and oxygen atoms in total. The highest BCUT2D eigenvalue weighted by Gasteiger charge is 2.24. The molecule has 14 heavy (non-hydrogen) atoms. The Morgan fingerprint density at radius 3 is 3.00 bits per heavy atom. The summed E-state index contributed by atoms with van der Waals surface area (Å²) in [5, 5.41) is 9.71. The van der Waals surface area contributed by atoms with Gasteiger partial charge in [0.25, 0.3) is 0 Å². The van der Waals surface area contributed by atoms with Crippen LogP contribution in [0.3, 0.4) is 0 Å². The van der Waals surface area contributed by atoms with Crippen molar-refractivity contribution in [3.63, 3.8) is 0 Å². The molecule has 0 aromatic carbocycles. The molecule has 2 aromatic rings. The highest BCUT2D eigenvalue weighted by atomic mass is 15.2. The number of hydrogen-bond donors (Lipinski definition) is 0. The third-order valence-electron chi connectivity index (χ3n) is 2.82. The van der Waals surface area contributed by atoms with E-state index in [1.807, 2.05) is 0 Å². The van der Waals surface area contributed by atoms with E-state index in [-0.39, 0.29) is 0 Å². The average molecular weight is 187 g/mol. The summed E-state index contributed by atoms with van der Waals surface area (Å²) in [5.41, 5.74) is 2.12. The Morgan fingerprint density at radius 2 is 2.29 bits per heavy atom. The molecule has 0 atom stereocenters. The predicted octanol–water partition coefficient (Wildman–Crippen LogP) is 2.33. The van der Waals surface area contributed by atoms with Gasteiger partial charge >= 0.3 is 0 Å². The summed E-state index contributed by atoms with van der Waals surface area (Å²) < 4.78 is 2.25. The Kier molecular flexibility index (Phi) is 1.60. The summed E-state index contributed by atoms with van der Waals surface area (Å²) in [6.07, 6.45) is 5.68. The minimum Gasteiger partial charge on any atom is -0.328 e. The Hall–Kier alpha value is -1.38. The molecule has 3 rings (SSSR count). The molecule has 0 unspecified atom stereocenters. The summed E-state index contributed by atoms with van der Waals surface area (Å²) in [6, 6.07) is 4.97. The largest absolute Gasteiger partial charge is 0.328 e. The van der Waals surface area contributed by atoms with Gasteiger partial charge in [-0.1, -0.05) is 6.92 Å². The summed E-state index contributed by atoms with van der Waals surface area (Å²) in [5.74, 6) is 0. The third-order valence-corrected chi connectivity index (χ3v) is 2.82. The number of rotatable bonds is 2. The maximum atomic E-state index is 4.29. The van der Waals surface area contributed by atoms with Crippen molar-refractivity contribution in [3.05, 3.63) is 24.0 Å². The van der Waals surface area contributed by atoms with E-state index in [4.69, 9.17) is 0 Å². The Labute approximate surface area is 82.8 Å². The second-order valence-corrected chi connectivity index (χ2v) is 3.92. The standard InChI is InChI=1S/C11H13N3/c1-2-9-7-8-5-6-14(10-3-4-10)11(8)13-12-9/h5-7,10H,2-4H2,1H3. The number of fused-ring (bicyclic) bond motifs is 1. The van der Waals surface area contributed by atoms with Crippen LogP contribution in [0.2, 0.25) is 0 Å². The van der Waals surface area contributed by atoms with Gasteiger partial charge in [0, 0.05) is 17.6 Å². The van der Waals surface area contributed by atoms with Crippen LogP contribution >= 0.6 is 0 Å². The summed E-state index contributed by atoms with van der Waals surface area (Å²) >= 11 is 0. The van der Waals surface area contributed by atoms with E-state index in [2.05, 4.69) is 40.0 Å². The molecule has 0 bridgehead atoms. The summed E-state index contributed by atoms with van der Waals surface area (Å²) in [6.45, 7) is 2.10. The summed E-state index contributed by atoms with van der Waals surface area (Å²) in [4.78, 5) is 0.